The van der Waals surface area contributed by atoms with Gasteiger partial charge in [-0.15, -0.1) is 0 Å². The van der Waals surface area contributed by atoms with Crippen LogP contribution in [-0.4, -0.2) is 31.2 Å². The molecule has 0 heterocycles. The molecule has 0 aliphatic heterocycles. The van der Waals surface area contributed by atoms with Gasteiger partial charge in [0, 0.05) is 0 Å². The van der Waals surface area contributed by atoms with E-state index in [9.17, 15) is 18.8 Å². The molecule has 0 aromatic heterocycles. The number of benzene rings is 1. The molecule has 0 saturated heterocycles. The van der Waals surface area contributed by atoms with Crippen LogP contribution in [0.4, 0.5) is 9.18 Å². The van der Waals surface area contributed by atoms with Crippen LogP contribution >= 0.6 is 0 Å². The number of carbonyl (C=O) groups excluding carboxylic acids is 3. The number of ether oxygens (including phenoxy) is 2. The molecular weight excluding hydrogens is 257 g/mol. The van der Waals surface area contributed by atoms with E-state index in [0.29, 0.717) is 0 Å². The average Bonchev–Trinajstić information content (AvgIpc) is 2.38. The van der Waals surface area contributed by atoms with Crippen molar-refractivity contribution in [3.63, 3.8) is 0 Å². The molecule has 0 aliphatic carbocycles. The number of alkyl carbamates (subject to hydrolysis) is 1. The van der Waals surface area contributed by atoms with Crippen molar-refractivity contribution in [2.24, 2.45) is 0 Å². The highest BCUT2D eigenvalue weighted by molar-refractivity contribution is 5.97. The zero-order valence-corrected chi connectivity index (χ0v) is 10.3. The third kappa shape index (κ3) is 4.06. The highest BCUT2D eigenvalue weighted by Gasteiger charge is 2.22. The lowest BCUT2D eigenvalue weighted by Crippen LogP contribution is -2.39. The van der Waals surface area contributed by atoms with Gasteiger partial charge >= 0.3 is 12.1 Å². The number of methoxy groups -OCH3 is 1. The Morgan fingerprint density at radius 1 is 1.26 bits per heavy atom. The summed E-state index contributed by atoms with van der Waals surface area (Å²) in [7, 11) is 1.08. The zero-order valence-electron chi connectivity index (χ0n) is 10.3. The van der Waals surface area contributed by atoms with E-state index in [4.69, 9.17) is 4.74 Å². The molecule has 1 aromatic carbocycles. The van der Waals surface area contributed by atoms with Gasteiger partial charge in [0.25, 0.3) is 5.91 Å². The van der Waals surface area contributed by atoms with Crippen molar-refractivity contribution in [2.75, 3.05) is 7.11 Å². The minimum atomic E-state index is -1.26. The minimum Gasteiger partial charge on any atom is -0.453 e. The Balaban J connectivity index is 2.64. The summed E-state index contributed by atoms with van der Waals surface area (Å²) in [6.07, 6.45) is -2.23. The van der Waals surface area contributed by atoms with Crippen LogP contribution < -0.4 is 5.32 Å². The fraction of sp³-hybridized carbons (Fsp3) is 0.250. The molecule has 2 amide bonds. The zero-order chi connectivity index (χ0) is 14.4. The summed E-state index contributed by atoms with van der Waals surface area (Å²) in [5.74, 6) is -2.62. The minimum absolute atomic E-state index is 0.291. The Morgan fingerprint density at radius 3 is 2.47 bits per heavy atom. The maximum atomic E-state index is 13.3. The van der Waals surface area contributed by atoms with Gasteiger partial charge in [0.05, 0.1) is 12.7 Å². The summed E-state index contributed by atoms with van der Waals surface area (Å²) in [5, 5.41) is 1.83. The first-order valence-corrected chi connectivity index (χ1v) is 5.30. The monoisotopic (exact) mass is 269 g/mol. The van der Waals surface area contributed by atoms with E-state index < -0.39 is 29.9 Å². The van der Waals surface area contributed by atoms with Crippen molar-refractivity contribution in [3.8, 4) is 0 Å². The quantitative estimate of drug-likeness (QED) is 0.835. The summed E-state index contributed by atoms with van der Waals surface area (Å²) in [6, 6.07) is 5.19. The number of amides is 2. The van der Waals surface area contributed by atoms with Crippen LogP contribution in [0.25, 0.3) is 0 Å². The van der Waals surface area contributed by atoms with Crippen LogP contribution in [0.3, 0.4) is 0 Å². The second kappa shape index (κ2) is 6.48. The summed E-state index contributed by atoms with van der Waals surface area (Å²) < 4.78 is 22.2. The van der Waals surface area contributed by atoms with Crippen LogP contribution in [0.15, 0.2) is 24.3 Å². The molecule has 0 unspecified atom stereocenters. The number of rotatable bonds is 3. The molecule has 1 rings (SSSR count). The van der Waals surface area contributed by atoms with Crippen molar-refractivity contribution in [1.82, 2.24) is 5.32 Å². The smallest absolute Gasteiger partial charge is 0.413 e. The van der Waals surface area contributed by atoms with Crippen molar-refractivity contribution in [3.05, 3.63) is 35.6 Å². The molecule has 0 saturated carbocycles. The average molecular weight is 269 g/mol. The van der Waals surface area contributed by atoms with Gasteiger partial charge in [0.2, 0.25) is 0 Å². The first kappa shape index (κ1) is 14.6. The van der Waals surface area contributed by atoms with E-state index >= 15 is 0 Å². The largest absolute Gasteiger partial charge is 0.453 e. The van der Waals surface area contributed by atoms with Gasteiger partial charge in [0.1, 0.15) is 5.82 Å². The standard InChI is InChI=1S/C12H12FNO5/c1-7(10(15)14-12(17)18-2)19-11(16)8-5-3-4-6-9(8)13/h3-7H,1-2H3,(H,14,15,17)/t7-/m0/s1. The van der Waals surface area contributed by atoms with Crippen molar-refractivity contribution in [2.45, 2.75) is 13.0 Å². The van der Waals surface area contributed by atoms with Gasteiger partial charge in [-0.05, 0) is 19.1 Å². The molecular formula is C12H12FNO5. The molecule has 6 nitrogen and oxygen atoms in total. The third-order valence-electron chi connectivity index (χ3n) is 2.16. The Bertz CT molecular complexity index is 503. The van der Waals surface area contributed by atoms with E-state index in [1.165, 1.54) is 25.1 Å². The van der Waals surface area contributed by atoms with Crippen LogP contribution in [0.2, 0.25) is 0 Å². The normalized spacial score (nSPS) is 11.3. The van der Waals surface area contributed by atoms with Gasteiger partial charge in [-0.1, -0.05) is 12.1 Å². The summed E-state index contributed by atoms with van der Waals surface area (Å²) in [6.45, 7) is 1.25. The summed E-state index contributed by atoms with van der Waals surface area (Å²) >= 11 is 0. The second-order valence-corrected chi connectivity index (χ2v) is 3.51. The Morgan fingerprint density at radius 2 is 1.89 bits per heavy atom. The fourth-order valence-corrected chi connectivity index (χ4v) is 1.16. The Labute approximate surface area is 108 Å². The number of nitrogens with one attached hydrogen (secondary N) is 1. The first-order chi connectivity index (χ1) is 8.95. The third-order valence-corrected chi connectivity index (χ3v) is 2.16. The topological polar surface area (TPSA) is 81.7 Å². The molecule has 0 aliphatic rings. The number of imide groups is 1. The number of carbonyl (C=O) groups is 3. The van der Waals surface area contributed by atoms with Crippen LogP contribution in [0.5, 0.6) is 0 Å². The molecule has 0 radical (unpaired) electrons. The van der Waals surface area contributed by atoms with Gasteiger partial charge in [-0.25, -0.2) is 14.0 Å². The maximum Gasteiger partial charge on any atom is 0.413 e. The van der Waals surface area contributed by atoms with E-state index in [1.54, 1.807) is 0 Å². The summed E-state index contributed by atoms with van der Waals surface area (Å²) in [5.41, 5.74) is -0.291. The molecule has 1 aromatic rings. The van der Waals surface area contributed by atoms with Crippen LogP contribution in [0.1, 0.15) is 17.3 Å². The molecule has 0 bridgehead atoms. The number of hydrogen-bond acceptors (Lipinski definition) is 5. The Kier molecular flexibility index (Phi) is 4.99. The van der Waals surface area contributed by atoms with Gasteiger partial charge in [-0.2, -0.15) is 0 Å². The molecule has 1 atom stereocenters. The van der Waals surface area contributed by atoms with E-state index in [0.717, 1.165) is 13.2 Å². The maximum absolute atomic E-state index is 13.3. The molecule has 0 spiro atoms. The predicted octanol–water partition coefficient (Wildman–Crippen LogP) is 1.25. The SMILES string of the molecule is COC(=O)NC(=O)[C@H](C)OC(=O)c1ccccc1F. The second-order valence-electron chi connectivity index (χ2n) is 3.51. The number of esters is 1. The van der Waals surface area contributed by atoms with Crippen molar-refractivity contribution >= 4 is 18.0 Å². The van der Waals surface area contributed by atoms with Gasteiger partial charge in [0.15, 0.2) is 6.10 Å². The lowest BCUT2D eigenvalue weighted by Gasteiger charge is -2.12. The summed E-state index contributed by atoms with van der Waals surface area (Å²) in [4.78, 5) is 33.7. The highest BCUT2D eigenvalue weighted by Crippen LogP contribution is 2.09. The molecule has 102 valence electrons. The predicted molar refractivity (Wildman–Crippen MR) is 61.8 cm³/mol. The van der Waals surface area contributed by atoms with Crippen LogP contribution in [-0.2, 0) is 14.3 Å². The lowest BCUT2D eigenvalue weighted by atomic mass is 10.2. The number of hydrogen-bond donors (Lipinski definition) is 1. The molecule has 7 heteroatoms. The van der Waals surface area contributed by atoms with Crippen LogP contribution in [0, 0.1) is 5.82 Å². The van der Waals surface area contributed by atoms with Gasteiger partial charge in [-0.3, -0.25) is 10.1 Å². The lowest BCUT2D eigenvalue weighted by molar-refractivity contribution is -0.128. The van der Waals surface area contributed by atoms with E-state index in [2.05, 4.69) is 4.74 Å². The Hall–Kier alpha value is -2.44. The van der Waals surface area contributed by atoms with E-state index in [1.807, 2.05) is 5.32 Å². The number of halogens is 1. The fourth-order valence-electron chi connectivity index (χ4n) is 1.16. The first-order valence-electron chi connectivity index (χ1n) is 5.30. The van der Waals surface area contributed by atoms with E-state index in [-0.39, 0.29) is 5.56 Å². The van der Waals surface area contributed by atoms with Crippen molar-refractivity contribution in [1.29, 1.82) is 0 Å². The highest BCUT2D eigenvalue weighted by atomic mass is 19.1. The molecule has 1 N–H and O–H groups in total. The van der Waals surface area contributed by atoms with Crippen molar-refractivity contribution < 1.29 is 28.2 Å². The molecule has 19 heavy (non-hydrogen) atoms. The van der Waals surface area contributed by atoms with Gasteiger partial charge < -0.3 is 9.47 Å². The molecule has 0 fully saturated rings.